The summed E-state index contributed by atoms with van der Waals surface area (Å²) in [5, 5.41) is 15.1. The first kappa shape index (κ1) is 25.6. The van der Waals surface area contributed by atoms with E-state index >= 15 is 0 Å². The van der Waals surface area contributed by atoms with Gasteiger partial charge in [0.05, 0.1) is 27.7 Å². The first-order valence-corrected chi connectivity index (χ1v) is 12.1. The first-order valence-electron chi connectivity index (χ1n) is 10.2. The van der Waals surface area contributed by atoms with Crippen molar-refractivity contribution in [3.8, 4) is 11.5 Å². The minimum atomic E-state index is -0.510. The van der Waals surface area contributed by atoms with Crippen molar-refractivity contribution in [3.63, 3.8) is 0 Å². The van der Waals surface area contributed by atoms with Gasteiger partial charge in [0, 0.05) is 16.1 Å². The second-order valence-corrected chi connectivity index (χ2v) is 9.11. The number of rotatable bonds is 10. The number of carbonyl (C=O) groups excluding carboxylic acids is 1. The highest BCUT2D eigenvalue weighted by Gasteiger charge is 2.15. The van der Waals surface area contributed by atoms with E-state index in [0.717, 1.165) is 13.6 Å². The van der Waals surface area contributed by atoms with Crippen LogP contribution in [-0.4, -0.2) is 23.7 Å². The van der Waals surface area contributed by atoms with Crippen molar-refractivity contribution in [2.75, 3.05) is 6.61 Å². The van der Waals surface area contributed by atoms with Gasteiger partial charge in [0.1, 0.15) is 6.61 Å². The Balaban J connectivity index is 1.67. The lowest BCUT2D eigenvalue weighted by atomic mass is 10.1. The molecule has 0 fully saturated rings. The van der Waals surface area contributed by atoms with Gasteiger partial charge in [-0.1, -0.05) is 46.3 Å². The van der Waals surface area contributed by atoms with Gasteiger partial charge in [0.25, 0.3) is 5.69 Å². The summed E-state index contributed by atoms with van der Waals surface area (Å²) in [6.07, 6.45) is 1.33. The molecule has 0 atom stereocenters. The number of nitrogens with zero attached hydrogens (tertiary/aromatic N) is 2. The number of amides is 1. The van der Waals surface area contributed by atoms with Gasteiger partial charge < -0.3 is 9.47 Å². The van der Waals surface area contributed by atoms with E-state index in [-0.39, 0.29) is 12.1 Å². The minimum absolute atomic E-state index is 0.101. The average molecular weight is 638 g/mol. The second-order valence-electron chi connectivity index (χ2n) is 7.03. The van der Waals surface area contributed by atoms with Crippen molar-refractivity contribution in [1.82, 2.24) is 5.43 Å². The lowest BCUT2D eigenvalue weighted by molar-refractivity contribution is -0.385. The third kappa shape index (κ3) is 7.26. The maximum absolute atomic E-state index is 12.2. The Morgan fingerprint density at radius 1 is 1.18 bits per heavy atom. The van der Waals surface area contributed by atoms with Crippen LogP contribution in [0, 0.1) is 13.7 Å². The van der Waals surface area contributed by atoms with Crippen LogP contribution in [-0.2, 0) is 17.8 Å². The number of nitro benzene ring substituents is 1. The number of hydrazone groups is 1. The van der Waals surface area contributed by atoms with Crippen molar-refractivity contribution < 1.29 is 19.2 Å². The van der Waals surface area contributed by atoms with E-state index in [1.807, 2.05) is 37.3 Å². The quantitative estimate of drug-likeness (QED) is 0.134. The molecule has 0 spiro atoms. The zero-order valence-corrected chi connectivity index (χ0v) is 21.9. The summed E-state index contributed by atoms with van der Waals surface area (Å²) in [6, 6.07) is 17.6. The SMILES string of the molecule is CCOc1cc(/C=N/NC(=O)Cc2ccccc2[N+](=O)[O-])cc(I)c1OCc1ccc(Br)cc1. The van der Waals surface area contributed by atoms with E-state index in [4.69, 9.17) is 9.47 Å². The molecule has 0 unspecified atom stereocenters. The molecule has 1 N–H and O–H groups in total. The molecule has 8 nitrogen and oxygen atoms in total. The third-order valence-corrected chi connectivity index (χ3v) is 5.90. The summed E-state index contributed by atoms with van der Waals surface area (Å²) in [7, 11) is 0. The Kier molecular flexibility index (Phi) is 9.40. The molecular formula is C24H21BrIN3O5. The maximum Gasteiger partial charge on any atom is 0.273 e. The number of nitrogens with one attached hydrogen (secondary N) is 1. The Hall–Kier alpha value is -2.99. The number of benzene rings is 3. The molecule has 0 aliphatic heterocycles. The fourth-order valence-electron chi connectivity index (χ4n) is 3.03. The van der Waals surface area contributed by atoms with E-state index in [1.165, 1.54) is 12.3 Å². The molecule has 10 heteroatoms. The van der Waals surface area contributed by atoms with Crippen LogP contribution >= 0.6 is 38.5 Å². The normalized spacial score (nSPS) is 10.8. The summed E-state index contributed by atoms with van der Waals surface area (Å²) in [5.41, 5.74) is 4.36. The molecule has 3 rings (SSSR count). The van der Waals surface area contributed by atoms with Crippen molar-refractivity contribution in [3.05, 3.63) is 95.5 Å². The standard InChI is InChI=1S/C24H21BrIN3O5/c1-2-33-22-12-17(11-20(26)24(22)34-15-16-7-9-19(25)10-8-16)14-27-28-23(30)13-18-5-3-4-6-21(18)29(31)32/h3-12,14H,2,13,15H2,1H3,(H,28,30)/b27-14+. The van der Waals surface area contributed by atoms with Gasteiger partial charge in [-0.05, 0) is 64.9 Å². The number of carbonyl (C=O) groups is 1. The van der Waals surface area contributed by atoms with Crippen LogP contribution in [0.15, 0.2) is 70.2 Å². The lowest BCUT2D eigenvalue weighted by Crippen LogP contribution is -2.20. The van der Waals surface area contributed by atoms with Crippen molar-refractivity contribution in [2.45, 2.75) is 20.0 Å². The van der Waals surface area contributed by atoms with Gasteiger partial charge in [0.2, 0.25) is 5.91 Å². The number of halogens is 2. The zero-order chi connectivity index (χ0) is 24.5. The van der Waals surface area contributed by atoms with Crippen molar-refractivity contribution in [2.24, 2.45) is 5.10 Å². The molecule has 34 heavy (non-hydrogen) atoms. The third-order valence-electron chi connectivity index (χ3n) is 4.57. The second kappa shape index (κ2) is 12.5. The molecule has 176 valence electrons. The Bertz CT molecular complexity index is 1200. The van der Waals surface area contributed by atoms with Crippen LogP contribution in [0.1, 0.15) is 23.6 Å². The smallest absolute Gasteiger partial charge is 0.273 e. The highest BCUT2D eigenvalue weighted by atomic mass is 127. The summed E-state index contributed by atoms with van der Waals surface area (Å²) < 4.78 is 13.6. The molecule has 0 aromatic heterocycles. The van der Waals surface area contributed by atoms with Gasteiger partial charge in [0.15, 0.2) is 11.5 Å². The van der Waals surface area contributed by atoms with Gasteiger partial charge in [-0.3, -0.25) is 14.9 Å². The van der Waals surface area contributed by atoms with Crippen LogP contribution < -0.4 is 14.9 Å². The Morgan fingerprint density at radius 2 is 1.91 bits per heavy atom. The maximum atomic E-state index is 12.2. The highest BCUT2D eigenvalue weighted by molar-refractivity contribution is 14.1. The molecule has 0 aliphatic carbocycles. The molecule has 0 radical (unpaired) electrons. The fourth-order valence-corrected chi connectivity index (χ4v) is 4.08. The molecule has 0 aliphatic rings. The molecular weight excluding hydrogens is 617 g/mol. The average Bonchev–Trinajstić information content (AvgIpc) is 2.80. The van der Waals surface area contributed by atoms with Crippen LogP contribution in [0.25, 0.3) is 0 Å². The molecule has 1 amide bonds. The van der Waals surface area contributed by atoms with E-state index in [1.54, 1.807) is 24.3 Å². The molecule has 0 saturated carbocycles. The number of nitro groups is 1. The van der Waals surface area contributed by atoms with E-state index in [9.17, 15) is 14.9 Å². The van der Waals surface area contributed by atoms with Crippen LogP contribution in [0.4, 0.5) is 5.69 Å². The van der Waals surface area contributed by atoms with Crippen molar-refractivity contribution >= 4 is 56.3 Å². The summed E-state index contributed by atoms with van der Waals surface area (Å²) in [5.74, 6) is 0.738. The van der Waals surface area contributed by atoms with E-state index < -0.39 is 10.8 Å². The predicted molar refractivity (Wildman–Crippen MR) is 141 cm³/mol. The summed E-state index contributed by atoms with van der Waals surface area (Å²) in [4.78, 5) is 22.8. The lowest BCUT2D eigenvalue weighted by Gasteiger charge is -2.15. The molecule has 0 bridgehead atoms. The van der Waals surface area contributed by atoms with E-state index in [0.29, 0.717) is 35.8 Å². The molecule has 3 aromatic carbocycles. The fraction of sp³-hybridized carbons (Fsp3) is 0.167. The topological polar surface area (TPSA) is 103 Å². The number of ether oxygens (including phenoxy) is 2. The van der Waals surface area contributed by atoms with Crippen LogP contribution in [0.5, 0.6) is 11.5 Å². The summed E-state index contributed by atoms with van der Waals surface area (Å²) in [6.45, 7) is 2.73. The Labute approximate surface area is 218 Å². The van der Waals surface area contributed by atoms with E-state index in [2.05, 4.69) is 49.0 Å². The molecule has 0 heterocycles. The van der Waals surface area contributed by atoms with Gasteiger partial charge >= 0.3 is 0 Å². The number of hydrogen-bond donors (Lipinski definition) is 1. The predicted octanol–water partition coefficient (Wildman–Crippen LogP) is 5.63. The van der Waals surface area contributed by atoms with Gasteiger partial charge in [-0.2, -0.15) is 5.10 Å². The van der Waals surface area contributed by atoms with Crippen LogP contribution in [0.2, 0.25) is 0 Å². The van der Waals surface area contributed by atoms with Crippen LogP contribution in [0.3, 0.4) is 0 Å². The minimum Gasteiger partial charge on any atom is -0.490 e. The first-order chi connectivity index (χ1) is 16.4. The molecule has 3 aromatic rings. The van der Waals surface area contributed by atoms with Gasteiger partial charge in [-0.25, -0.2) is 5.43 Å². The monoisotopic (exact) mass is 637 g/mol. The van der Waals surface area contributed by atoms with Gasteiger partial charge in [-0.15, -0.1) is 0 Å². The molecule has 0 saturated heterocycles. The Morgan fingerprint density at radius 3 is 2.62 bits per heavy atom. The largest absolute Gasteiger partial charge is 0.490 e. The zero-order valence-electron chi connectivity index (χ0n) is 18.2. The van der Waals surface area contributed by atoms with Crippen molar-refractivity contribution in [1.29, 1.82) is 0 Å². The summed E-state index contributed by atoms with van der Waals surface area (Å²) >= 11 is 5.58. The highest BCUT2D eigenvalue weighted by Crippen LogP contribution is 2.34. The number of hydrogen-bond acceptors (Lipinski definition) is 6. The number of para-hydroxylation sites is 1.